The Bertz CT molecular complexity index is 758. The summed E-state index contributed by atoms with van der Waals surface area (Å²) < 4.78 is 27.5. The van der Waals surface area contributed by atoms with E-state index in [2.05, 4.69) is 0 Å². The first-order valence-corrected chi connectivity index (χ1v) is 9.07. The molecular formula is C21H22F2N2O2. The molecule has 0 radical (unpaired) electrons. The molecule has 0 unspecified atom stereocenters. The van der Waals surface area contributed by atoms with Gasteiger partial charge in [-0.15, -0.1) is 0 Å². The summed E-state index contributed by atoms with van der Waals surface area (Å²) in [5.41, 5.74) is 0.749. The van der Waals surface area contributed by atoms with Gasteiger partial charge in [-0.3, -0.25) is 9.59 Å². The van der Waals surface area contributed by atoms with Crippen LogP contribution in [0.2, 0.25) is 0 Å². The van der Waals surface area contributed by atoms with Gasteiger partial charge in [0.05, 0.1) is 12.8 Å². The second kappa shape index (κ2) is 8.75. The Morgan fingerprint density at radius 3 is 1.52 bits per heavy atom. The molecule has 1 saturated heterocycles. The number of hydrogen-bond acceptors (Lipinski definition) is 2. The lowest BCUT2D eigenvalue weighted by atomic mass is 10.1. The normalized spacial score (nSPS) is 14.7. The van der Waals surface area contributed by atoms with Crippen LogP contribution in [-0.4, -0.2) is 47.8 Å². The molecule has 2 aromatic rings. The molecule has 27 heavy (non-hydrogen) atoms. The Morgan fingerprint density at radius 1 is 0.704 bits per heavy atom. The van der Waals surface area contributed by atoms with Gasteiger partial charge in [0.15, 0.2) is 0 Å². The summed E-state index contributed by atoms with van der Waals surface area (Å²) in [5, 5.41) is 0. The third kappa shape index (κ3) is 4.90. The maximum Gasteiger partial charge on any atom is 0.227 e. The summed E-state index contributed by atoms with van der Waals surface area (Å²) in [6.45, 7) is 1.85. The largest absolute Gasteiger partial charge is 0.341 e. The number of nitrogens with zero attached hydrogens (tertiary/aromatic N) is 2. The molecule has 0 aromatic heterocycles. The highest BCUT2D eigenvalue weighted by molar-refractivity contribution is 5.80. The van der Waals surface area contributed by atoms with E-state index in [1.165, 1.54) is 12.1 Å². The van der Waals surface area contributed by atoms with E-state index in [0.29, 0.717) is 43.7 Å². The van der Waals surface area contributed by atoms with Crippen molar-refractivity contribution in [1.82, 2.24) is 9.80 Å². The second-order valence-electron chi connectivity index (χ2n) is 6.65. The Labute approximate surface area is 157 Å². The maximum atomic E-state index is 13.8. The molecule has 2 amide bonds. The van der Waals surface area contributed by atoms with Gasteiger partial charge in [0.25, 0.3) is 0 Å². The topological polar surface area (TPSA) is 40.6 Å². The van der Waals surface area contributed by atoms with Gasteiger partial charge in [-0.1, -0.05) is 36.4 Å². The fourth-order valence-electron chi connectivity index (χ4n) is 3.25. The molecule has 0 aliphatic carbocycles. The number of amides is 2. The molecule has 0 saturated carbocycles. The van der Waals surface area contributed by atoms with Crippen molar-refractivity contribution in [3.63, 3.8) is 0 Å². The summed E-state index contributed by atoms with van der Waals surface area (Å²) in [4.78, 5) is 28.3. The Hall–Kier alpha value is -2.76. The molecule has 1 aliphatic heterocycles. The fourth-order valence-corrected chi connectivity index (χ4v) is 3.25. The van der Waals surface area contributed by atoms with Crippen molar-refractivity contribution in [2.75, 3.05) is 26.2 Å². The van der Waals surface area contributed by atoms with Crippen molar-refractivity contribution < 1.29 is 18.4 Å². The minimum atomic E-state index is -0.387. The number of carbonyl (C=O) groups excluding carboxylic acids is 2. The minimum absolute atomic E-state index is 0.00977. The van der Waals surface area contributed by atoms with E-state index >= 15 is 0 Å². The van der Waals surface area contributed by atoms with Crippen LogP contribution < -0.4 is 0 Å². The third-order valence-corrected chi connectivity index (χ3v) is 4.80. The van der Waals surface area contributed by atoms with Gasteiger partial charge in [0.2, 0.25) is 11.8 Å². The van der Waals surface area contributed by atoms with Gasteiger partial charge in [0, 0.05) is 26.2 Å². The van der Waals surface area contributed by atoms with Crippen LogP contribution >= 0.6 is 0 Å². The van der Waals surface area contributed by atoms with Crippen LogP contribution in [0.5, 0.6) is 0 Å². The lowest BCUT2D eigenvalue weighted by molar-refractivity contribution is -0.132. The number of halogens is 2. The molecule has 6 heteroatoms. The first kappa shape index (κ1) is 19.0. The van der Waals surface area contributed by atoms with Crippen molar-refractivity contribution in [3.05, 3.63) is 71.3 Å². The number of benzene rings is 2. The molecule has 2 aromatic carbocycles. The summed E-state index contributed by atoms with van der Waals surface area (Å²) in [6.07, 6.45) is 0.664. The van der Waals surface area contributed by atoms with E-state index in [0.717, 1.165) is 0 Å². The van der Waals surface area contributed by atoms with Crippen LogP contribution in [0, 0.1) is 11.6 Å². The Balaban J connectivity index is 1.57. The highest BCUT2D eigenvalue weighted by atomic mass is 19.1. The molecule has 0 atom stereocenters. The van der Waals surface area contributed by atoms with E-state index in [1.54, 1.807) is 46.2 Å². The van der Waals surface area contributed by atoms with Gasteiger partial charge in [-0.2, -0.15) is 0 Å². The molecular weight excluding hydrogens is 350 g/mol. The molecule has 1 fully saturated rings. The van der Waals surface area contributed by atoms with Crippen molar-refractivity contribution in [2.45, 2.75) is 19.3 Å². The van der Waals surface area contributed by atoms with Crippen LogP contribution in [0.1, 0.15) is 17.5 Å². The highest BCUT2D eigenvalue weighted by Crippen LogP contribution is 2.13. The standard InChI is InChI=1S/C21H22F2N2O2/c22-18-8-3-1-6-16(18)14-20(26)24-10-5-11-25(13-12-24)21(27)15-17-7-2-4-9-19(17)23/h1-4,6-9H,5,10-15H2. The number of carbonyl (C=O) groups is 2. The predicted octanol–water partition coefficient (Wildman–Crippen LogP) is 2.81. The highest BCUT2D eigenvalue weighted by Gasteiger charge is 2.23. The van der Waals surface area contributed by atoms with Crippen LogP contribution in [0.25, 0.3) is 0 Å². The van der Waals surface area contributed by atoms with E-state index in [-0.39, 0.29) is 36.3 Å². The van der Waals surface area contributed by atoms with Crippen LogP contribution in [0.4, 0.5) is 8.78 Å². The van der Waals surface area contributed by atoms with Crippen molar-refractivity contribution in [3.8, 4) is 0 Å². The van der Waals surface area contributed by atoms with Crippen molar-refractivity contribution in [2.24, 2.45) is 0 Å². The Morgan fingerprint density at radius 2 is 1.11 bits per heavy atom. The van der Waals surface area contributed by atoms with E-state index in [4.69, 9.17) is 0 Å². The van der Waals surface area contributed by atoms with Gasteiger partial charge in [-0.05, 0) is 29.7 Å². The van der Waals surface area contributed by atoms with Crippen molar-refractivity contribution in [1.29, 1.82) is 0 Å². The SMILES string of the molecule is O=C(Cc1ccccc1F)N1CCCN(C(=O)Cc2ccccc2F)CC1. The van der Waals surface area contributed by atoms with Gasteiger partial charge in [0.1, 0.15) is 11.6 Å². The lowest BCUT2D eigenvalue weighted by Crippen LogP contribution is -2.38. The lowest BCUT2D eigenvalue weighted by Gasteiger charge is -2.22. The summed E-state index contributed by atoms with van der Waals surface area (Å²) >= 11 is 0. The predicted molar refractivity (Wildman–Crippen MR) is 98.0 cm³/mol. The average Bonchev–Trinajstić information content (AvgIpc) is 2.92. The maximum absolute atomic E-state index is 13.8. The summed E-state index contributed by atoms with van der Waals surface area (Å²) in [7, 11) is 0. The molecule has 3 rings (SSSR count). The second-order valence-corrected chi connectivity index (χ2v) is 6.65. The van der Waals surface area contributed by atoms with E-state index < -0.39 is 0 Å². The molecule has 0 N–H and O–H groups in total. The fraction of sp³-hybridized carbons (Fsp3) is 0.333. The molecule has 1 heterocycles. The van der Waals surface area contributed by atoms with E-state index in [9.17, 15) is 18.4 Å². The molecule has 1 aliphatic rings. The van der Waals surface area contributed by atoms with Gasteiger partial charge >= 0.3 is 0 Å². The first-order chi connectivity index (χ1) is 13.0. The average molecular weight is 372 g/mol. The molecule has 0 spiro atoms. The summed E-state index contributed by atoms with van der Waals surface area (Å²) in [5.74, 6) is -1.07. The zero-order valence-corrected chi connectivity index (χ0v) is 15.0. The zero-order valence-electron chi connectivity index (χ0n) is 15.0. The van der Waals surface area contributed by atoms with Crippen LogP contribution in [-0.2, 0) is 22.4 Å². The third-order valence-electron chi connectivity index (χ3n) is 4.80. The first-order valence-electron chi connectivity index (χ1n) is 9.07. The van der Waals surface area contributed by atoms with Crippen LogP contribution in [0.15, 0.2) is 48.5 Å². The minimum Gasteiger partial charge on any atom is -0.341 e. The Kier molecular flexibility index (Phi) is 6.16. The molecule has 0 bridgehead atoms. The zero-order chi connectivity index (χ0) is 19.2. The smallest absolute Gasteiger partial charge is 0.227 e. The van der Waals surface area contributed by atoms with Gasteiger partial charge in [-0.25, -0.2) is 8.78 Å². The summed E-state index contributed by atoms with van der Waals surface area (Å²) in [6, 6.07) is 12.5. The van der Waals surface area contributed by atoms with Crippen molar-refractivity contribution >= 4 is 11.8 Å². The monoisotopic (exact) mass is 372 g/mol. The van der Waals surface area contributed by atoms with Crippen LogP contribution in [0.3, 0.4) is 0 Å². The number of hydrogen-bond donors (Lipinski definition) is 0. The molecule has 142 valence electrons. The molecule has 4 nitrogen and oxygen atoms in total. The quantitative estimate of drug-likeness (QED) is 0.828. The van der Waals surface area contributed by atoms with E-state index in [1.807, 2.05) is 0 Å². The van der Waals surface area contributed by atoms with Gasteiger partial charge < -0.3 is 9.80 Å². The number of rotatable bonds is 4.